The highest BCUT2D eigenvalue weighted by molar-refractivity contribution is 7.99. The zero-order valence-corrected chi connectivity index (χ0v) is 13.5. The number of halogens is 1. The van der Waals surface area contributed by atoms with Crippen molar-refractivity contribution in [2.24, 2.45) is 0 Å². The van der Waals surface area contributed by atoms with Gasteiger partial charge in [-0.25, -0.2) is 15.0 Å². The van der Waals surface area contributed by atoms with Crippen molar-refractivity contribution < 1.29 is 0 Å². The summed E-state index contributed by atoms with van der Waals surface area (Å²) in [6.45, 7) is 6.17. The van der Waals surface area contributed by atoms with E-state index >= 15 is 0 Å². The fourth-order valence-corrected chi connectivity index (χ4v) is 2.58. The lowest BCUT2D eigenvalue weighted by atomic mass is 10.2. The lowest BCUT2D eigenvalue weighted by Crippen LogP contribution is -2.06. The molecule has 2 aromatic heterocycles. The van der Waals surface area contributed by atoms with E-state index in [0.717, 1.165) is 27.3 Å². The van der Waals surface area contributed by atoms with Crippen molar-refractivity contribution in [1.29, 1.82) is 0 Å². The van der Waals surface area contributed by atoms with Crippen molar-refractivity contribution in [3.05, 3.63) is 34.7 Å². The summed E-state index contributed by atoms with van der Waals surface area (Å²) in [5, 5.41) is 5.54. The molecule has 1 N–H and O–H groups in total. The molecule has 6 heteroatoms. The molecular formula is C14H17ClN4S. The molecule has 0 bridgehead atoms. The van der Waals surface area contributed by atoms with Gasteiger partial charge in [-0.15, -0.1) is 0 Å². The van der Waals surface area contributed by atoms with Gasteiger partial charge < -0.3 is 5.32 Å². The van der Waals surface area contributed by atoms with Crippen LogP contribution in [0, 0.1) is 6.92 Å². The molecule has 0 fully saturated rings. The van der Waals surface area contributed by atoms with Gasteiger partial charge in [-0.2, -0.15) is 0 Å². The molecular weight excluding hydrogens is 292 g/mol. The maximum absolute atomic E-state index is 5.85. The van der Waals surface area contributed by atoms with Crippen molar-refractivity contribution in [3.63, 3.8) is 0 Å². The summed E-state index contributed by atoms with van der Waals surface area (Å²) in [7, 11) is 1.87. The lowest BCUT2D eigenvalue weighted by Gasteiger charge is -2.13. The van der Waals surface area contributed by atoms with Gasteiger partial charge in [-0.1, -0.05) is 25.4 Å². The molecule has 20 heavy (non-hydrogen) atoms. The van der Waals surface area contributed by atoms with Crippen molar-refractivity contribution in [2.75, 3.05) is 12.4 Å². The largest absolute Gasteiger partial charge is 0.373 e. The van der Waals surface area contributed by atoms with Gasteiger partial charge in [0.2, 0.25) is 0 Å². The average Bonchev–Trinajstić information content (AvgIpc) is 2.43. The van der Waals surface area contributed by atoms with Crippen molar-refractivity contribution in [2.45, 2.75) is 36.7 Å². The molecule has 0 saturated carbocycles. The highest BCUT2D eigenvalue weighted by Crippen LogP contribution is 2.31. The van der Waals surface area contributed by atoms with Crippen LogP contribution in [0.3, 0.4) is 0 Å². The highest BCUT2D eigenvalue weighted by Gasteiger charge is 2.13. The summed E-state index contributed by atoms with van der Waals surface area (Å²) < 4.78 is 0. The van der Waals surface area contributed by atoms with Gasteiger partial charge in [-0.3, -0.25) is 0 Å². The van der Waals surface area contributed by atoms with Crippen LogP contribution in [0.4, 0.5) is 5.82 Å². The Labute approximate surface area is 128 Å². The van der Waals surface area contributed by atoms with Gasteiger partial charge in [0.15, 0.2) is 0 Å². The van der Waals surface area contributed by atoms with Crippen molar-refractivity contribution >= 4 is 29.2 Å². The number of pyridine rings is 1. The fourth-order valence-electron chi connectivity index (χ4n) is 1.64. The van der Waals surface area contributed by atoms with E-state index in [0.29, 0.717) is 5.02 Å². The number of nitrogens with one attached hydrogen (secondary N) is 1. The van der Waals surface area contributed by atoms with Gasteiger partial charge >= 0.3 is 0 Å². The fraction of sp³-hybridized carbons (Fsp3) is 0.357. The summed E-state index contributed by atoms with van der Waals surface area (Å²) in [6.07, 6.45) is 1.64. The third kappa shape index (κ3) is 3.41. The number of aromatic nitrogens is 3. The molecule has 0 saturated heterocycles. The molecule has 2 aromatic rings. The molecule has 2 heterocycles. The Morgan fingerprint density at radius 1 is 1.25 bits per heavy atom. The smallest absolute Gasteiger partial charge is 0.134 e. The van der Waals surface area contributed by atoms with E-state index in [1.54, 1.807) is 6.20 Å². The Hall–Kier alpha value is -1.33. The predicted octanol–water partition coefficient (Wildman–Crippen LogP) is 4.15. The Morgan fingerprint density at radius 2 is 2.00 bits per heavy atom. The molecule has 0 aliphatic heterocycles. The molecule has 0 amide bonds. The minimum absolute atomic E-state index is 0.278. The minimum Gasteiger partial charge on any atom is -0.373 e. The quantitative estimate of drug-likeness (QED) is 0.860. The maximum Gasteiger partial charge on any atom is 0.134 e. The molecule has 0 spiro atoms. The number of hydrogen-bond acceptors (Lipinski definition) is 5. The molecule has 0 aliphatic rings. The van der Waals surface area contributed by atoms with Crippen LogP contribution in [0.2, 0.25) is 5.02 Å². The highest BCUT2D eigenvalue weighted by atomic mass is 35.5. The molecule has 0 aromatic carbocycles. The van der Waals surface area contributed by atoms with Crippen LogP contribution in [0.25, 0.3) is 0 Å². The normalized spacial score (nSPS) is 10.9. The van der Waals surface area contributed by atoms with Gasteiger partial charge in [-0.05, 0) is 30.8 Å². The topological polar surface area (TPSA) is 50.7 Å². The van der Waals surface area contributed by atoms with Crippen LogP contribution in [0.15, 0.2) is 28.4 Å². The summed E-state index contributed by atoms with van der Waals surface area (Å²) >= 11 is 7.38. The van der Waals surface area contributed by atoms with Crippen LogP contribution >= 0.6 is 23.4 Å². The summed E-state index contributed by atoms with van der Waals surface area (Å²) in [6, 6.07) is 3.72. The lowest BCUT2D eigenvalue weighted by molar-refractivity contribution is 0.749. The van der Waals surface area contributed by atoms with E-state index in [1.807, 2.05) is 26.1 Å². The molecule has 0 aliphatic carbocycles. The molecule has 0 unspecified atom stereocenters. The Kier molecular flexibility index (Phi) is 4.83. The van der Waals surface area contributed by atoms with E-state index in [2.05, 4.69) is 34.1 Å². The first-order valence-corrected chi connectivity index (χ1v) is 7.56. The van der Waals surface area contributed by atoms with Crippen LogP contribution in [0.1, 0.15) is 31.2 Å². The van der Waals surface area contributed by atoms with Crippen LogP contribution in [0.5, 0.6) is 0 Å². The predicted molar refractivity (Wildman–Crippen MR) is 83.8 cm³/mol. The second-order valence-corrected chi connectivity index (χ2v) is 6.13. The van der Waals surface area contributed by atoms with Gasteiger partial charge in [0.05, 0.1) is 5.02 Å². The molecule has 4 nitrogen and oxygen atoms in total. The number of hydrogen-bond donors (Lipinski definition) is 1. The Balaban J connectivity index is 2.39. The first-order chi connectivity index (χ1) is 9.51. The van der Waals surface area contributed by atoms with Gasteiger partial charge in [0.1, 0.15) is 21.7 Å². The summed E-state index contributed by atoms with van der Waals surface area (Å²) in [5.41, 5.74) is 1.03. The SMILES string of the molecule is CNc1nc(C(C)C)nc(Sc2ccc(Cl)cn2)c1C. The van der Waals surface area contributed by atoms with E-state index in [-0.39, 0.29) is 5.92 Å². The van der Waals surface area contributed by atoms with E-state index < -0.39 is 0 Å². The number of rotatable bonds is 4. The Bertz CT molecular complexity index is 599. The molecule has 106 valence electrons. The zero-order chi connectivity index (χ0) is 14.7. The van der Waals surface area contributed by atoms with Crippen molar-refractivity contribution in [1.82, 2.24) is 15.0 Å². The Morgan fingerprint density at radius 3 is 2.55 bits per heavy atom. The first kappa shape index (κ1) is 15.1. The summed E-state index contributed by atoms with van der Waals surface area (Å²) in [5.74, 6) is 1.97. The zero-order valence-electron chi connectivity index (χ0n) is 11.9. The van der Waals surface area contributed by atoms with E-state index in [1.165, 1.54) is 11.8 Å². The molecule has 2 rings (SSSR count). The number of nitrogens with zero attached hydrogens (tertiary/aromatic N) is 3. The maximum atomic E-state index is 5.85. The standard InChI is InChI=1S/C14H17ClN4S/c1-8(2)12-18-13(16-4)9(3)14(19-12)20-11-6-5-10(15)7-17-11/h5-8H,1-4H3,(H,16,18,19). The third-order valence-electron chi connectivity index (χ3n) is 2.77. The van der Waals surface area contributed by atoms with Gasteiger partial charge in [0.25, 0.3) is 0 Å². The second-order valence-electron chi connectivity index (χ2n) is 4.68. The minimum atomic E-state index is 0.278. The molecule has 0 atom stereocenters. The first-order valence-electron chi connectivity index (χ1n) is 6.37. The average molecular weight is 309 g/mol. The van der Waals surface area contributed by atoms with Crippen LogP contribution in [-0.4, -0.2) is 22.0 Å². The second kappa shape index (κ2) is 6.41. The molecule has 0 radical (unpaired) electrons. The van der Waals surface area contributed by atoms with Crippen LogP contribution in [-0.2, 0) is 0 Å². The third-order valence-corrected chi connectivity index (χ3v) is 4.04. The van der Waals surface area contributed by atoms with Crippen LogP contribution < -0.4 is 5.32 Å². The number of anilines is 1. The van der Waals surface area contributed by atoms with Gasteiger partial charge in [0, 0.05) is 24.7 Å². The summed E-state index contributed by atoms with van der Waals surface area (Å²) in [4.78, 5) is 13.5. The van der Waals surface area contributed by atoms with E-state index in [9.17, 15) is 0 Å². The monoisotopic (exact) mass is 308 g/mol. The van der Waals surface area contributed by atoms with Crippen molar-refractivity contribution in [3.8, 4) is 0 Å². The van der Waals surface area contributed by atoms with E-state index in [4.69, 9.17) is 11.6 Å².